The first-order chi connectivity index (χ1) is 7.24. The maximum atomic E-state index is 11.8. The molecule has 0 fully saturated rings. The Bertz CT molecular complexity index is 361. The van der Waals surface area contributed by atoms with Gasteiger partial charge in [0.15, 0.2) is 5.78 Å². The molecule has 0 radical (unpaired) electrons. The van der Waals surface area contributed by atoms with Crippen LogP contribution in [0.15, 0.2) is 35.6 Å². The number of allylic oxidation sites excluding steroid dienone is 4. The van der Waals surface area contributed by atoms with E-state index < -0.39 is 0 Å². The largest absolute Gasteiger partial charge is 0.489 e. The summed E-state index contributed by atoms with van der Waals surface area (Å²) in [6.45, 7) is 4.09. The molecule has 1 aliphatic heterocycles. The first-order valence-corrected chi connectivity index (χ1v) is 5.54. The monoisotopic (exact) mass is 204 g/mol. The van der Waals surface area contributed by atoms with Crippen LogP contribution in [0.4, 0.5) is 0 Å². The molecular formula is C13H16O2. The fourth-order valence-corrected chi connectivity index (χ4v) is 1.96. The van der Waals surface area contributed by atoms with Crippen LogP contribution in [0.2, 0.25) is 0 Å². The lowest BCUT2D eigenvalue weighted by Gasteiger charge is -2.29. The summed E-state index contributed by atoms with van der Waals surface area (Å²) in [6.07, 6.45) is 9.43. The van der Waals surface area contributed by atoms with E-state index in [1.54, 1.807) is 6.08 Å². The van der Waals surface area contributed by atoms with Gasteiger partial charge in [0.1, 0.15) is 11.9 Å². The highest BCUT2D eigenvalue weighted by atomic mass is 16.5. The number of hydrogen-bond acceptors (Lipinski definition) is 2. The lowest BCUT2D eigenvalue weighted by Crippen LogP contribution is -2.32. The third-order valence-corrected chi connectivity index (χ3v) is 2.92. The molecule has 0 saturated carbocycles. The third kappa shape index (κ3) is 1.89. The molecule has 0 spiro atoms. The molecule has 2 unspecified atom stereocenters. The van der Waals surface area contributed by atoms with Crippen molar-refractivity contribution in [2.45, 2.75) is 32.8 Å². The minimum absolute atomic E-state index is 0.0762. The summed E-state index contributed by atoms with van der Waals surface area (Å²) in [5.41, 5.74) is 1.22. The van der Waals surface area contributed by atoms with Gasteiger partial charge in [-0.25, -0.2) is 0 Å². The van der Waals surface area contributed by atoms with Gasteiger partial charge in [0.2, 0.25) is 0 Å². The van der Waals surface area contributed by atoms with Crippen LogP contribution < -0.4 is 0 Å². The van der Waals surface area contributed by atoms with Crippen molar-refractivity contribution in [1.82, 2.24) is 0 Å². The van der Waals surface area contributed by atoms with E-state index >= 15 is 0 Å². The van der Waals surface area contributed by atoms with E-state index in [1.165, 1.54) is 5.57 Å². The third-order valence-electron chi connectivity index (χ3n) is 2.92. The molecule has 2 heteroatoms. The number of fused-ring (bicyclic) bond motifs is 1. The van der Waals surface area contributed by atoms with Crippen molar-refractivity contribution in [3.63, 3.8) is 0 Å². The predicted molar refractivity (Wildman–Crippen MR) is 59.3 cm³/mol. The van der Waals surface area contributed by atoms with Crippen LogP contribution in [-0.2, 0) is 9.53 Å². The molecule has 0 aromatic heterocycles. The molecular weight excluding hydrogens is 188 g/mol. The van der Waals surface area contributed by atoms with Gasteiger partial charge in [-0.1, -0.05) is 31.6 Å². The number of ether oxygens (including phenoxy) is 1. The Morgan fingerprint density at radius 1 is 1.33 bits per heavy atom. The Morgan fingerprint density at radius 3 is 2.80 bits per heavy atom. The van der Waals surface area contributed by atoms with Gasteiger partial charge in [0.25, 0.3) is 0 Å². The Hall–Kier alpha value is -1.31. The number of carbonyl (C=O) groups excluding carboxylic acids is 1. The molecule has 1 aliphatic carbocycles. The van der Waals surface area contributed by atoms with Crippen LogP contribution in [0.25, 0.3) is 0 Å². The fraction of sp³-hybridized carbons (Fsp3) is 0.462. The van der Waals surface area contributed by atoms with Crippen LogP contribution in [0.1, 0.15) is 26.7 Å². The lowest BCUT2D eigenvalue weighted by molar-refractivity contribution is -0.121. The maximum absolute atomic E-state index is 11.8. The SMILES string of the molecule is CCC1=CC2C(=O)C=C(CC)OC2C=C1. The van der Waals surface area contributed by atoms with Crippen molar-refractivity contribution in [1.29, 1.82) is 0 Å². The smallest absolute Gasteiger partial charge is 0.169 e. The van der Waals surface area contributed by atoms with Crippen molar-refractivity contribution in [3.8, 4) is 0 Å². The van der Waals surface area contributed by atoms with E-state index in [0.29, 0.717) is 0 Å². The Balaban J connectivity index is 2.25. The van der Waals surface area contributed by atoms with Crippen LogP contribution in [0.3, 0.4) is 0 Å². The Labute approximate surface area is 90.3 Å². The van der Waals surface area contributed by atoms with E-state index in [4.69, 9.17) is 4.74 Å². The molecule has 2 atom stereocenters. The van der Waals surface area contributed by atoms with Crippen LogP contribution in [0.5, 0.6) is 0 Å². The van der Waals surface area contributed by atoms with E-state index in [2.05, 4.69) is 13.0 Å². The van der Waals surface area contributed by atoms with Gasteiger partial charge in [0.05, 0.1) is 5.92 Å². The van der Waals surface area contributed by atoms with Crippen molar-refractivity contribution in [3.05, 3.63) is 35.6 Å². The molecule has 0 bridgehead atoms. The molecule has 0 amide bonds. The van der Waals surface area contributed by atoms with Crippen molar-refractivity contribution in [2.75, 3.05) is 0 Å². The molecule has 0 aromatic carbocycles. The second-order valence-electron chi connectivity index (χ2n) is 3.93. The first-order valence-electron chi connectivity index (χ1n) is 5.54. The Kier molecular flexibility index (Phi) is 2.76. The van der Waals surface area contributed by atoms with E-state index in [1.807, 2.05) is 19.1 Å². The number of rotatable bonds is 2. The summed E-state index contributed by atoms with van der Waals surface area (Å²) in [4.78, 5) is 11.8. The first kappa shape index (κ1) is 10.2. The zero-order valence-electron chi connectivity index (χ0n) is 9.19. The normalized spacial score (nSPS) is 29.1. The van der Waals surface area contributed by atoms with Crippen molar-refractivity contribution < 1.29 is 9.53 Å². The highest BCUT2D eigenvalue weighted by molar-refractivity contribution is 5.95. The molecule has 0 aromatic rings. The molecule has 15 heavy (non-hydrogen) atoms. The summed E-state index contributed by atoms with van der Waals surface area (Å²) < 4.78 is 5.71. The minimum Gasteiger partial charge on any atom is -0.489 e. The van der Waals surface area contributed by atoms with Crippen molar-refractivity contribution >= 4 is 5.78 Å². The number of carbonyl (C=O) groups is 1. The summed E-state index contributed by atoms with van der Waals surface area (Å²) in [6, 6.07) is 0. The average Bonchev–Trinajstić information content (AvgIpc) is 2.28. The second kappa shape index (κ2) is 4.05. The summed E-state index contributed by atoms with van der Waals surface area (Å²) in [5.74, 6) is 0.887. The summed E-state index contributed by atoms with van der Waals surface area (Å²) in [5, 5.41) is 0. The second-order valence-corrected chi connectivity index (χ2v) is 3.93. The maximum Gasteiger partial charge on any atom is 0.169 e. The van der Waals surface area contributed by atoms with Gasteiger partial charge in [-0.3, -0.25) is 4.79 Å². The molecule has 80 valence electrons. The van der Waals surface area contributed by atoms with E-state index in [9.17, 15) is 4.79 Å². The number of ketones is 1. The predicted octanol–water partition coefficient (Wildman–Crippen LogP) is 2.77. The quantitative estimate of drug-likeness (QED) is 0.691. The zero-order chi connectivity index (χ0) is 10.8. The zero-order valence-corrected chi connectivity index (χ0v) is 9.19. The highest BCUT2D eigenvalue weighted by Gasteiger charge is 2.31. The standard InChI is InChI=1S/C13H16O2/c1-3-9-5-6-13-11(7-9)12(14)8-10(4-2)15-13/h5-8,11,13H,3-4H2,1-2H3. The number of hydrogen-bond donors (Lipinski definition) is 0. The van der Waals surface area contributed by atoms with Gasteiger partial charge in [-0.05, 0) is 12.5 Å². The molecule has 0 N–H and O–H groups in total. The van der Waals surface area contributed by atoms with E-state index in [-0.39, 0.29) is 17.8 Å². The molecule has 1 heterocycles. The van der Waals surface area contributed by atoms with Gasteiger partial charge in [0, 0.05) is 12.5 Å². The van der Waals surface area contributed by atoms with Gasteiger partial charge in [-0.15, -0.1) is 0 Å². The fourth-order valence-electron chi connectivity index (χ4n) is 1.96. The van der Waals surface area contributed by atoms with E-state index in [0.717, 1.165) is 18.6 Å². The van der Waals surface area contributed by atoms with Gasteiger partial charge >= 0.3 is 0 Å². The molecule has 0 saturated heterocycles. The highest BCUT2D eigenvalue weighted by Crippen LogP contribution is 2.29. The molecule has 2 nitrogen and oxygen atoms in total. The van der Waals surface area contributed by atoms with Crippen LogP contribution in [0, 0.1) is 5.92 Å². The minimum atomic E-state index is -0.0970. The average molecular weight is 204 g/mol. The lowest BCUT2D eigenvalue weighted by atomic mass is 9.87. The summed E-state index contributed by atoms with van der Waals surface area (Å²) >= 11 is 0. The van der Waals surface area contributed by atoms with Gasteiger partial charge < -0.3 is 4.74 Å². The van der Waals surface area contributed by atoms with Crippen LogP contribution >= 0.6 is 0 Å². The molecule has 2 rings (SSSR count). The topological polar surface area (TPSA) is 26.3 Å². The Morgan fingerprint density at radius 2 is 2.13 bits per heavy atom. The molecule has 2 aliphatic rings. The van der Waals surface area contributed by atoms with Crippen molar-refractivity contribution in [2.24, 2.45) is 5.92 Å². The summed E-state index contributed by atoms with van der Waals surface area (Å²) in [7, 11) is 0. The van der Waals surface area contributed by atoms with Crippen LogP contribution in [-0.4, -0.2) is 11.9 Å². The van der Waals surface area contributed by atoms with Gasteiger partial charge in [-0.2, -0.15) is 0 Å².